The summed E-state index contributed by atoms with van der Waals surface area (Å²) in [5.74, 6) is 0.708. The van der Waals surface area contributed by atoms with Gasteiger partial charge in [-0.25, -0.2) is 9.79 Å². The lowest BCUT2D eigenvalue weighted by Crippen LogP contribution is -2.03. The molecule has 0 aliphatic carbocycles. The molecule has 0 saturated carbocycles. The van der Waals surface area contributed by atoms with Crippen LogP contribution in [-0.4, -0.2) is 18.5 Å². The number of rotatable bonds is 4. The van der Waals surface area contributed by atoms with E-state index in [-0.39, 0.29) is 0 Å². The Labute approximate surface area is 132 Å². The first-order valence-corrected chi connectivity index (χ1v) is 7.79. The van der Waals surface area contributed by atoms with Crippen LogP contribution in [0.1, 0.15) is 22.2 Å². The van der Waals surface area contributed by atoms with Crippen LogP contribution in [0.5, 0.6) is 5.75 Å². The highest BCUT2D eigenvalue weighted by atomic mass is 32.1. The molecule has 1 aromatic carbocycles. The van der Waals surface area contributed by atoms with Crippen LogP contribution in [0.25, 0.3) is 6.08 Å². The average Bonchev–Trinajstić information content (AvgIpc) is 3.07. The number of benzene rings is 1. The number of aryl methyl sites for hydroxylation is 1. The fraction of sp³-hybridized carbons (Fsp3) is 0.176. The number of hydrogen-bond acceptors (Lipinski definition) is 5. The predicted molar refractivity (Wildman–Crippen MR) is 87.3 cm³/mol. The lowest BCUT2D eigenvalue weighted by Gasteiger charge is -2.03. The number of esters is 1. The van der Waals surface area contributed by atoms with Crippen LogP contribution in [0.15, 0.2) is 47.1 Å². The minimum absolute atomic E-state index is 0.301. The molecule has 2 heterocycles. The number of thiophene rings is 1. The first kappa shape index (κ1) is 14.5. The molecule has 0 bridgehead atoms. The lowest BCUT2D eigenvalue weighted by atomic mass is 10.2. The predicted octanol–water partition coefficient (Wildman–Crippen LogP) is 3.80. The number of ether oxygens (including phenoxy) is 2. The summed E-state index contributed by atoms with van der Waals surface area (Å²) < 4.78 is 10.7. The molecule has 22 heavy (non-hydrogen) atoms. The molecule has 0 radical (unpaired) electrons. The van der Waals surface area contributed by atoms with Crippen LogP contribution in [0.4, 0.5) is 0 Å². The highest BCUT2D eigenvalue weighted by Gasteiger charge is 2.24. The molecule has 0 atom stereocenters. The van der Waals surface area contributed by atoms with Gasteiger partial charge in [0.1, 0.15) is 5.75 Å². The first-order chi connectivity index (χ1) is 10.7. The molecule has 0 saturated heterocycles. The number of nitrogens with zero attached hydrogens (tertiary/aromatic N) is 1. The maximum absolute atomic E-state index is 11.9. The van der Waals surface area contributed by atoms with Crippen LogP contribution in [0.2, 0.25) is 0 Å². The van der Waals surface area contributed by atoms with E-state index in [2.05, 4.69) is 4.99 Å². The molecule has 1 aliphatic heterocycles. The summed E-state index contributed by atoms with van der Waals surface area (Å²) in [5.41, 5.74) is 1.15. The second-order valence-electron chi connectivity index (χ2n) is 4.75. The van der Waals surface area contributed by atoms with Crippen molar-refractivity contribution in [2.75, 3.05) is 6.61 Å². The second kappa shape index (κ2) is 6.15. The summed E-state index contributed by atoms with van der Waals surface area (Å²) in [6, 6.07) is 11.4. The van der Waals surface area contributed by atoms with Gasteiger partial charge in [0.2, 0.25) is 5.90 Å². The largest absolute Gasteiger partial charge is 0.494 e. The third-order valence-corrected chi connectivity index (χ3v) is 4.03. The van der Waals surface area contributed by atoms with E-state index in [9.17, 15) is 4.79 Å². The van der Waals surface area contributed by atoms with Crippen LogP contribution >= 0.6 is 11.3 Å². The highest BCUT2D eigenvalue weighted by Crippen LogP contribution is 2.24. The molecule has 4 nitrogen and oxygen atoms in total. The van der Waals surface area contributed by atoms with Gasteiger partial charge in [0, 0.05) is 4.88 Å². The Bertz CT molecular complexity index is 774. The second-order valence-corrected chi connectivity index (χ2v) is 6.04. The number of cyclic esters (lactones) is 1. The van der Waals surface area contributed by atoms with Gasteiger partial charge in [0.05, 0.1) is 11.5 Å². The zero-order valence-corrected chi connectivity index (χ0v) is 13.1. The van der Waals surface area contributed by atoms with E-state index < -0.39 is 5.97 Å². The molecule has 112 valence electrons. The van der Waals surface area contributed by atoms with Crippen molar-refractivity contribution in [3.8, 4) is 5.75 Å². The van der Waals surface area contributed by atoms with Gasteiger partial charge < -0.3 is 9.47 Å². The van der Waals surface area contributed by atoms with Crippen LogP contribution in [-0.2, 0) is 9.53 Å². The molecule has 3 rings (SSSR count). The third kappa shape index (κ3) is 3.09. The van der Waals surface area contributed by atoms with Gasteiger partial charge in [-0.15, -0.1) is 11.3 Å². The normalized spacial score (nSPS) is 15.8. The van der Waals surface area contributed by atoms with E-state index in [4.69, 9.17) is 9.47 Å². The van der Waals surface area contributed by atoms with Crippen molar-refractivity contribution in [3.63, 3.8) is 0 Å². The molecule has 0 fully saturated rings. The van der Waals surface area contributed by atoms with Crippen molar-refractivity contribution in [2.24, 2.45) is 4.99 Å². The van der Waals surface area contributed by atoms with E-state index >= 15 is 0 Å². The molecule has 1 aliphatic rings. The van der Waals surface area contributed by atoms with Gasteiger partial charge in [-0.3, -0.25) is 0 Å². The quantitative estimate of drug-likeness (QED) is 0.637. The Morgan fingerprint density at radius 2 is 2.18 bits per heavy atom. The first-order valence-electron chi connectivity index (χ1n) is 6.98. The molecular formula is C17H15NO3S. The topological polar surface area (TPSA) is 47.9 Å². The van der Waals surface area contributed by atoms with E-state index in [0.717, 1.165) is 21.1 Å². The Balaban J connectivity index is 1.89. The summed E-state index contributed by atoms with van der Waals surface area (Å²) in [6.07, 6.45) is 1.71. The van der Waals surface area contributed by atoms with Crippen LogP contribution in [0.3, 0.4) is 0 Å². The number of carbonyl (C=O) groups is 1. The summed E-state index contributed by atoms with van der Waals surface area (Å²) in [6.45, 7) is 4.53. The van der Waals surface area contributed by atoms with E-state index in [0.29, 0.717) is 18.2 Å². The monoisotopic (exact) mass is 313 g/mol. The minimum Gasteiger partial charge on any atom is -0.494 e. The molecule has 2 aromatic rings. The standard InChI is InChI=1S/C17H15NO3S/c1-3-20-13-6-4-5-12(9-13)10-14-17(19)21-16(18-14)15-8-7-11(2)22-15/h4-10H,3H2,1-2H3/b14-10-. The average molecular weight is 313 g/mol. The van der Waals surface area contributed by atoms with E-state index in [1.165, 1.54) is 0 Å². The Kier molecular flexibility index (Phi) is 4.06. The highest BCUT2D eigenvalue weighted by molar-refractivity contribution is 7.14. The summed E-state index contributed by atoms with van der Waals surface area (Å²) in [5, 5.41) is 0. The molecule has 5 heteroatoms. The zero-order chi connectivity index (χ0) is 15.5. The van der Waals surface area contributed by atoms with E-state index in [1.807, 2.05) is 50.2 Å². The maximum Gasteiger partial charge on any atom is 0.363 e. The van der Waals surface area contributed by atoms with Gasteiger partial charge in [-0.1, -0.05) is 12.1 Å². The Morgan fingerprint density at radius 1 is 1.32 bits per heavy atom. The van der Waals surface area contributed by atoms with Crippen molar-refractivity contribution < 1.29 is 14.3 Å². The van der Waals surface area contributed by atoms with E-state index in [1.54, 1.807) is 17.4 Å². The number of hydrogen-bond donors (Lipinski definition) is 0. The number of carbonyl (C=O) groups excluding carboxylic acids is 1. The van der Waals surface area contributed by atoms with Crippen molar-refractivity contribution in [1.82, 2.24) is 0 Å². The molecule has 0 amide bonds. The fourth-order valence-electron chi connectivity index (χ4n) is 2.08. The zero-order valence-electron chi connectivity index (χ0n) is 12.3. The summed E-state index contributed by atoms with van der Waals surface area (Å²) >= 11 is 1.55. The van der Waals surface area contributed by atoms with Crippen molar-refractivity contribution in [2.45, 2.75) is 13.8 Å². The Morgan fingerprint density at radius 3 is 2.91 bits per heavy atom. The van der Waals surface area contributed by atoms with Crippen molar-refractivity contribution >= 4 is 29.3 Å². The fourth-order valence-corrected chi connectivity index (χ4v) is 2.88. The van der Waals surface area contributed by atoms with Gasteiger partial charge >= 0.3 is 5.97 Å². The number of aliphatic imine (C=N–C) groups is 1. The van der Waals surface area contributed by atoms with Crippen LogP contribution in [0, 0.1) is 6.92 Å². The van der Waals surface area contributed by atoms with Crippen LogP contribution < -0.4 is 4.74 Å². The van der Waals surface area contributed by atoms with Gasteiger partial charge in [0.15, 0.2) is 5.70 Å². The lowest BCUT2D eigenvalue weighted by molar-refractivity contribution is -0.129. The molecule has 0 N–H and O–H groups in total. The molecular weight excluding hydrogens is 298 g/mol. The Hall–Kier alpha value is -2.40. The maximum atomic E-state index is 11.9. The third-order valence-electron chi connectivity index (χ3n) is 3.04. The summed E-state index contributed by atoms with van der Waals surface area (Å²) in [4.78, 5) is 18.3. The van der Waals surface area contributed by atoms with Crippen molar-refractivity contribution in [3.05, 3.63) is 57.4 Å². The molecule has 1 aromatic heterocycles. The SMILES string of the molecule is CCOc1cccc(/C=C2\N=C(c3ccc(C)s3)OC2=O)c1. The van der Waals surface area contributed by atoms with Gasteiger partial charge in [-0.2, -0.15) is 0 Å². The van der Waals surface area contributed by atoms with Crippen molar-refractivity contribution in [1.29, 1.82) is 0 Å². The molecule has 0 unspecified atom stereocenters. The van der Waals surface area contributed by atoms with Gasteiger partial charge in [0.25, 0.3) is 0 Å². The van der Waals surface area contributed by atoms with Gasteiger partial charge in [-0.05, 0) is 49.8 Å². The smallest absolute Gasteiger partial charge is 0.363 e. The summed E-state index contributed by atoms with van der Waals surface area (Å²) in [7, 11) is 0. The minimum atomic E-state index is -0.428. The molecule has 0 spiro atoms.